The van der Waals surface area contributed by atoms with Crippen molar-refractivity contribution in [3.05, 3.63) is 18.0 Å². The first kappa shape index (κ1) is 8.75. The lowest BCUT2D eigenvalue weighted by atomic mass is 10.3. The van der Waals surface area contributed by atoms with Gasteiger partial charge in [0.2, 0.25) is 0 Å². The minimum atomic E-state index is 0.467. The molecule has 1 N–H and O–H groups in total. The second kappa shape index (κ2) is 3.50. The van der Waals surface area contributed by atoms with Crippen LogP contribution in [0.15, 0.2) is 12.4 Å². The summed E-state index contributed by atoms with van der Waals surface area (Å²) in [5.41, 5.74) is 1.29. The molecule has 1 aromatic rings. The second-order valence-corrected chi connectivity index (χ2v) is 4.08. The molecule has 2 rings (SSSR count). The lowest BCUT2D eigenvalue weighted by Gasteiger charge is -2.03. The van der Waals surface area contributed by atoms with Crippen molar-refractivity contribution in [2.75, 3.05) is 0 Å². The van der Waals surface area contributed by atoms with E-state index in [2.05, 4.69) is 30.5 Å². The Kier molecular flexibility index (Phi) is 2.36. The Morgan fingerprint density at radius 1 is 1.62 bits per heavy atom. The fraction of sp³-hybridized carbons (Fsp3) is 0.700. The summed E-state index contributed by atoms with van der Waals surface area (Å²) in [6.45, 7) is 5.26. The van der Waals surface area contributed by atoms with E-state index in [1.807, 2.05) is 10.9 Å². The summed E-state index contributed by atoms with van der Waals surface area (Å²) >= 11 is 0. The minimum absolute atomic E-state index is 0.467. The summed E-state index contributed by atoms with van der Waals surface area (Å²) < 4.78 is 2.00. The zero-order chi connectivity index (χ0) is 9.26. The summed E-state index contributed by atoms with van der Waals surface area (Å²) in [5.74, 6) is 0. The predicted octanol–water partition coefficient (Wildman–Crippen LogP) is 1.72. The first-order chi connectivity index (χ1) is 6.25. The molecule has 0 aromatic carbocycles. The zero-order valence-corrected chi connectivity index (χ0v) is 8.33. The van der Waals surface area contributed by atoms with E-state index in [0.29, 0.717) is 6.04 Å². The fourth-order valence-corrected chi connectivity index (χ4v) is 1.30. The van der Waals surface area contributed by atoms with Gasteiger partial charge in [0.1, 0.15) is 0 Å². The third kappa shape index (κ3) is 2.31. The van der Waals surface area contributed by atoms with E-state index >= 15 is 0 Å². The Morgan fingerprint density at radius 2 is 2.38 bits per heavy atom. The number of nitrogens with one attached hydrogen (secondary N) is 1. The molecule has 0 aliphatic heterocycles. The van der Waals surface area contributed by atoms with Gasteiger partial charge in [-0.25, -0.2) is 0 Å². The van der Waals surface area contributed by atoms with Crippen LogP contribution in [0.3, 0.4) is 0 Å². The number of rotatable bonds is 4. The van der Waals surface area contributed by atoms with Gasteiger partial charge in [-0.2, -0.15) is 5.10 Å². The van der Waals surface area contributed by atoms with Crippen LogP contribution in [-0.4, -0.2) is 15.8 Å². The number of hydrogen-bond donors (Lipinski definition) is 1. The molecule has 1 fully saturated rings. The van der Waals surface area contributed by atoms with E-state index in [1.165, 1.54) is 18.4 Å². The maximum atomic E-state index is 4.29. The molecule has 1 aromatic heterocycles. The van der Waals surface area contributed by atoms with Gasteiger partial charge >= 0.3 is 0 Å². The Morgan fingerprint density at radius 3 is 2.92 bits per heavy atom. The number of hydrogen-bond acceptors (Lipinski definition) is 2. The molecule has 0 unspecified atom stereocenters. The van der Waals surface area contributed by atoms with Gasteiger partial charge in [0, 0.05) is 30.4 Å². The summed E-state index contributed by atoms with van der Waals surface area (Å²) in [4.78, 5) is 0. The highest BCUT2D eigenvalue weighted by atomic mass is 15.3. The first-order valence-corrected chi connectivity index (χ1v) is 5.02. The van der Waals surface area contributed by atoms with Crippen LogP contribution in [0.25, 0.3) is 0 Å². The van der Waals surface area contributed by atoms with E-state index in [-0.39, 0.29) is 0 Å². The van der Waals surface area contributed by atoms with Crippen molar-refractivity contribution in [3.8, 4) is 0 Å². The molecule has 3 heteroatoms. The molecule has 1 saturated carbocycles. The average molecular weight is 179 g/mol. The third-order valence-electron chi connectivity index (χ3n) is 2.36. The Bertz CT molecular complexity index is 273. The maximum Gasteiger partial charge on any atom is 0.0534 e. The molecular weight excluding hydrogens is 162 g/mol. The normalized spacial score (nSPS) is 16.8. The van der Waals surface area contributed by atoms with Crippen molar-refractivity contribution < 1.29 is 0 Å². The van der Waals surface area contributed by atoms with Crippen LogP contribution in [0.1, 0.15) is 38.3 Å². The minimum Gasteiger partial charge on any atom is -0.310 e. The van der Waals surface area contributed by atoms with E-state index < -0.39 is 0 Å². The summed E-state index contributed by atoms with van der Waals surface area (Å²) in [5, 5.41) is 7.76. The highest BCUT2D eigenvalue weighted by Crippen LogP contribution is 2.19. The van der Waals surface area contributed by atoms with Gasteiger partial charge in [0.05, 0.1) is 6.20 Å². The Hall–Kier alpha value is -0.830. The van der Waals surface area contributed by atoms with E-state index in [9.17, 15) is 0 Å². The predicted molar refractivity (Wildman–Crippen MR) is 52.5 cm³/mol. The lowest BCUT2D eigenvalue weighted by molar-refractivity contribution is 0.531. The monoisotopic (exact) mass is 179 g/mol. The Labute approximate surface area is 79.1 Å². The molecule has 3 nitrogen and oxygen atoms in total. The van der Waals surface area contributed by atoms with Gasteiger partial charge < -0.3 is 5.32 Å². The van der Waals surface area contributed by atoms with Crippen molar-refractivity contribution in [3.63, 3.8) is 0 Å². The van der Waals surface area contributed by atoms with Crippen molar-refractivity contribution in [1.29, 1.82) is 0 Å². The molecule has 0 spiro atoms. The Balaban J connectivity index is 1.88. The van der Waals surface area contributed by atoms with Gasteiger partial charge in [0.15, 0.2) is 0 Å². The quantitative estimate of drug-likeness (QED) is 0.762. The van der Waals surface area contributed by atoms with Gasteiger partial charge in [-0.1, -0.05) is 0 Å². The highest BCUT2D eigenvalue weighted by Gasteiger charge is 2.20. The second-order valence-electron chi connectivity index (χ2n) is 4.08. The molecule has 72 valence electrons. The average Bonchev–Trinajstić information content (AvgIpc) is 2.79. The van der Waals surface area contributed by atoms with Crippen LogP contribution in [0.4, 0.5) is 0 Å². The van der Waals surface area contributed by atoms with Crippen molar-refractivity contribution >= 4 is 0 Å². The van der Waals surface area contributed by atoms with E-state index in [4.69, 9.17) is 0 Å². The molecular formula is C10H17N3. The molecule has 0 saturated heterocycles. The van der Waals surface area contributed by atoms with Crippen molar-refractivity contribution in [1.82, 2.24) is 15.1 Å². The van der Waals surface area contributed by atoms with Crippen LogP contribution in [0.5, 0.6) is 0 Å². The van der Waals surface area contributed by atoms with Crippen LogP contribution in [0.2, 0.25) is 0 Å². The highest BCUT2D eigenvalue weighted by molar-refractivity contribution is 5.04. The van der Waals surface area contributed by atoms with Gasteiger partial charge in [0.25, 0.3) is 0 Å². The lowest BCUT2D eigenvalue weighted by Crippen LogP contribution is -2.14. The summed E-state index contributed by atoms with van der Waals surface area (Å²) in [6, 6.07) is 1.25. The van der Waals surface area contributed by atoms with Gasteiger partial charge in [-0.05, 0) is 26.7 Å². The topological polar surface area (TPSA) is 29.9 Å². The van der Waals surface area contributed by atoms with Gasteiger partial charge in [-0.15, -0.1) is 0 Å². The SMILES string of the molecule is CC(C)n1cc(CNC2CC2)cn1. The first-order valence-electron chi connectivity index (χ1n) is 5.02. The molecule has 0 radical (unpaired) electrons. The maximum absolute atomic E-state index is 4.29. The molecule has 0 amide bonds. The van der Waals surface area contributed by atoms with Crippen molar-refractivity contribution in [2.45, 2.75) is 45.3 Å². The largest absolute Gasteiger partial charge is 0.310 e. The summed E-state index contributed by atoms with van der Waals surface area (Å²) in [6.07, 6.45) is 6.77. The molecule has 1 aliphatic carbocycles. The van der Waals surface area contributed by atoms with Crippen LogP contribution in [-0.2, 0) is 6.54 Å². The fourth-order valence-electron chi connectivity index (χ4n) is 1.30. The molecule has 1 heterocycles. The number of nitrogens with zero attached hydrogens (tertiary/aromatic N) is 2. The number of aromatic nitrogens is 2. The van der Waals surface area contributed by atoms with Crippen LogP contribution in [0, 0.1) is 0 Å². The zero-order valence-electron chi connectivity index (χ0n) is 8.33. The van der Waals surface area contributed by atoms with Crippen LogP contribution >= 0.6 is 0 Å². The van der Waals surface area contributed by atoms with Gasteiger partial charge in [-0.3, -0.25) is 4.68 Å². The van der Waals surface area contributed by atoms with E-state index in [0.717, 1.165) is 12.6 Å². The molecule has 13 heavy (non-hydrogen) atoms. The third-order valence-corrected chi connectivity index (χ3v) is 2.36. The van der Waals surface area contributed by atoms with Crippen LogP contribution < -0.4 is 5.32 Å². The molecule has 0 bridgehead atoms. The summed E-state index contributed by atoms with van der Waals surface area (Å²) in [7, 11) is 0. The van der Waals surface area contributed by atoms with Crippen molar-refractivity contribution in [2.24, 2.45) is 0 Å². The molecule has 1 aliphatic rings. The smallest absolute Gasteiger partial charge is 0.0534 e. The molecule has 0 atom stereocenters. The standard InChI is InChI=1S/C10H17N3/c1-8(2)13-7-9(6-12-13)5-11-10-3-4-10/h6-8,10-11H,3-5H2,1-2H3. The van der Waals surface area contributed by atoms with E-state index in [1.54, 1.807) is 0 Å².